The smallest absolute Gasteiger partial charge is 0.336 e. The van der Waals surface area contributed by atoms with Crippen molar-refractivity contribution in [3.63, 3.8) is 0 Å². The number of ether oxygens (including phenoxy) is 2. The Kier molecular flexibility index (Phi) is 5.17. The summed E-state index contributed by atoms with van der Waals surface area (Å²) in [6.45, 7) is 6.30. The Morgan fingerprint density at radius 2 is 2.23 bits per heavy atom. The van der Waals surface area contributed by atoms with Crippen molar-refractivity contribution in [1.82, 2.24) is 4.90 Å². The molecule has 118 valence electrons. The molecule has 0 amide bonds. The van der Waals surface area contributed by atoms with Gasteiger partial charge in [-0.05, 0) is 25.0 Å². The highest BCUT2D eigenvalue weighted by Gasteiger charge is 2.29. The molecule has 5 nitrogen and oxygen atoms in total. The Hall–Kier alpha value is -1.90. The maximum atomic E-state index is 11.6. The second kappa shape index (κ2) is 6.91. The molecule has 2 rings (SSSR count). The average molecular weight is 302 g/mol. The topological polar surface area (TPSA) is 62.6 Å². The van der Waals surface area contributed by atoms with Crippen LogP contribution in [0.2, 0.25) is 0 Å². The van der Waals surface area contributed by atoms with Crippen LogP contribution in [0.25, 0.3) is 0 Å². The van der Waals surface area contributed by atoms with Crippen molar-refractivity contribution in [1.29, 1.82) is 5.26 Å². The predicted octanol–water partition coefficient (Wildman–Crippen LogP) is 1.86. The molecule has 1 aromatic rings. The zero-order valence-corrected chi connectivity index (χ0v) is 13.3. The zero-order valence-electron chi connectivity index (χ0n) is 13.3. The Balaban J connectivity index is 2.14. The fourth-order valence-corrected chi connectivity index (χ4v) is 2.69. The molecule has 0 unspecified atom stereocenters. The molecule has 1 heterocycles. The molecule has 5 heteroatoms. The fraction of sp³-hybridized carbons (Fsp3) is 0.529. The van der Waals surface area contributed by atoms with Gasteiger partial charge >= 0.3 is 5.97 Å². The largest absolute Gasteiger partial charge is 0.467 e. The molecular formula is C17H22N2O3. The SMILES string of the molecule is COC(=O)[C@@H]1CN(Cc2ccccc2C(C)(C)C#N)CCO1. The number of rotatable bonds is 4. The molecule has 1 aliphatic rings. The van der Waals surface area contributed by atoms with Crippen molar-refractivity contribution in [2.45, 2.75) is 31.9 Å². The van der Waals surface area contributed by atoms with Crippen LogP contribution in [-0.4, -0.2) is 43.8 Å². The third-order valence-electron chi connectivity index (χ3n) is 3.98. The van der Waals surface area contributed by atoms with Crippen molar-refractivity contribution < 1.29 is 14.3 Å². The van der Waals surface area contributed by atoms with Gasteiger partial charge in [-0.1, -0.05) is 24.3 Å². The number of carbonyl (C=O) groups excluding carboxylic acids is 1. The molecule has 22 heavy (non-hydrogen) atoms. The first-order chi connectivity index (χ1) is 10.5. The average Bonchev–Trinajstić information content (AvgIpc) is 2.54. The molecule has 0 aliphatic carbocycles. The Labute approximate surface area is 131 Å². The lowest BCUT2D eigenvalue weighted by atomic mass is 9.83. The summed E-state index contributed by atoms with van der Waals surface area (Å²) < 4.78 is 10.2. The molecule has 1 saturated heterocycles. The highest BCUT2D eigenvalue weighted by atomic mass is 16.6. The zero-order chi connectivity index (χ0) is 16.2. The van der Waals surface area contributed by atoms with E-state index in [4.69, 9.17) is 9.47 Å². The number of benzene rings is 1. The molecule has 0 bridgehead atoms. The number of morpholine rings is 1. The van der Waals surface area contributed by atoms with Gasteiger partial charge in [-0.2, -0.15) is 5.26 Å². The standard InChI is InChI=1S/C17H22N2O3/c1-17(2,12-18)14-7-5-4-6-13(14)10-19-8-9-22-15(11-19)16(20)21-3/h4-7,15H,8-11H2,1-3H3/t15-/m0/s1. The van der Waals surface area contributed by atoms with Crippen LogP contribution in [0, 0.1) is 11.3 Å². The van der Waals surface area contributed by atoms with E-state index in [0.717, 1.165) is 17.7 Å². The minimum atomic E-state index is -0.537. The lowest BCUT2D eigenvalue weighted by molar-refractivity contribution is -0.160. The molecule has 1 aliphatic heterocycles. The van der Waals surface area contributed by atoms with Gasteiger partial charge in [0.2, 0.25) is 0 Å². The van der Waals surface area contributed by atoms with Gasteiger partial charge in [0.15, 0.2) is 6.10 Å². The van der Waals surface area contributed by atoms with Crippen LogP contribution in [0.5, 0.6) is 0 Å². The maximum absolute atomic E-state index is 11.6. The number of nitrogens with zero attached hydrogens (tertiary/aromatic N) is 2. The van der Waals surface area contributed by atoms with E-state index in [9.17, 15) is 10.1 Å². The number of methoxy groups -OCH3 is 1. The van der Waals surface area contributed by atoms with Crippen molar-refractivity contribution in [3.05, 3.63) is 35.4 Å². The van der Waals surface area contributed by atoms with E-state index in [1.54, 1.807) is 0 Å². The monoisotopic (exact) mass is 302 g/mol. The van der Waals surface area contributed by atoms with Crippen LogP contribution in [0.15, 0.2) is 24.3 Å². The predicted molar refractivity (Wildman–Crippen MR) is 82.1 cm³/mol. The lowest BCUT2D eigenvalue weighted by Gasteiger charge is -2.32. The number of hydrogen-bond acceptors (Lipinski definition) is 5. The number of hydrogen-bond donors (Lipinski definition) is 0. The van der Waals surface area contributed by atoms with Gasteiger partial charge in [0, 0.05) is 19.6 Å². The van der Waals surface area contributed by atoms with Gasteiger partial charge in [-0.15, -0.1) is 0 Å². The molecule has 0 N–H and O–H groups in total. The van der Waals surface area contributed by atoms with Gasteiger partial charge in [0.1, 0.15) is 0 Å². The summed E-state index contributed by atoms with van der Waals surface area (Å²) in [5.74, 6) is -0.338. The normalized spacial score (nSPS) is 19.5. The third-order valence-corrected chi connectivity index (χ3v) is 3.98. The molecule has 0 aromatic heterocycles. The van der Waals surface area contributed by atoms with Crippen molar-refractivity contribution in [2.24, 2.45) is 0 Å². The molecule has 1 atom stereocenters. The highest BCUT2D eigenvalue weighted by Crippen LogP contribution is 2.27. The van der Waals surface area contributed by atoms with Crippen LogP contribution in [0.4, 0.5) is 0 Å². The lowest BCUT2D eigenvalue weighted by Crippen LogP contribution is -2.46. The summed E-state index contributed by atoms with van der Waals surface area (Å²) >= 11 is 0. The van der Waals surface area contributed by atoms with E-state index in [2.05, 4.69) is 11.0 Å². The summed E-state index contributed by atoms with van der Waals surface area (Å²) in [6, 6.07) is 10.3. The Bertz CT molecular complexity index is 578. The summed E-state index contributed by atoms with van der Waals surface area (Å²) in [5, 5.41) is 9.38. The quantitative estimate of drug-likeness (QED) is 0.794. The maximum Gasteiger partial charge on any atom is 0.336 e. The number of esters is 1. The van der Waals surface area contributed by atoms with E-state index in [-0.39, 0.29) is 5.97 Å². The molecule has 1 fully saturated rings. The van der Waals surface area contributed by atoms with E-state index in [1.165, 1.54) is 7.11 Å². The Morgan fingerprint density at radius 1 is 1.50 bits per heavy atom. The second-order valence-electron chi connectivity index (χ2n) is 6.01. The van der Waals surface area contributed by atoms with Crippen LogP contribution in [-0.2, 0) is 26.2 Å². The highest BCUT2D eigenvalue weighted by molar-refractivity contribution is 5.74. The van der Waals surface area contributed by atoms with Crippen molar-refractivity contribution >= 4 is 5.97 Å². The molecule has 0 radical (unpaired) electrons. The first kappa shape index (κ1) is 16.5. The van der Waals surface area contributed by atoms with Crippen LogP contribution < -0.4 is 0 Å². The van der Waals surface area contributed by atoms with Crippen LogP contribution in [0.3, 0.4) is 0 Å². The van der Waals surface area contributed by atoms with Crippen molar-refractivity contribution in [3.8, 4) is 6.07 Å². The number of nitriles is 1. The van der Waals surface area contributed by atoms with Gasteiger partial charge < -0.3 is 9.47 Å². The molecule has 0 saturated carbocycles. The first-order valence-electron chi connectivity index (χ1n) is 7.39. The summed E-state index contributed by atoms with van der Waals surface area (Å²) in [4.78, 5) is 13.8. The first-order valence-corrected chi connectivity index (χ1v) is 7.39. The molecular weight excluding hydrogens is 280 g/mol. The van der Waals surface area contributed by atoms with Crippen molar-refractivity contribution in [2.75, 3.05) is 26.8 Å². The third kappa shape index (κ3) is 3.65. The van der Waals surface area contributed by atoms with E-state index >= 15 is 0 Å². The molecule has 1 aromatic carbocycles. The summed E-state index contributed by atoms with van der Waals surface area (Å²) in [7, 11) is 1.37. The fourth-order valence-electron chi connectivity index (χ4n) is 2.69. The van der Waals surface area contributed by atoms with Gasteiger partial charge in [-0.3, -0.25) is 4.90 Å². The van der Waals surface area contributed by atoms with Gasteiger partial charge in [-0.25, -0.2) is 4.79 Å². The minimum Gasteiger partial charge on any atom is -0.467 e. The van der Waals surface area contributed by atoms with E-state index in [0.29, 0.717) is 19.7 Å². The Morgan fingerprint density at radius 3 is 2.91 bits per heavy atom. The van der Waals surface area contributed by atoms with Gasteiger partial charge in [0.25, 0.3) is 0 Å². The van der Waals surface area contributed by atoms with E-state index in [1.807, 2.05) is 38.1 Å². The van der Waals surface area contributed by atoms with Crippen LogP contribution in [0.1, 0.15) is 25.0 Å². The van der Waals surface area contributed by atoms with Gasteiger partial charge in [0.05, 0.1) is 25.2 Å². The van der Waals surface area contributed by atoms with Crippen LogP contribution >= 0.6 is 0 Å². The molecule has 0 spiro atoms. The van der Waals surface area contributed by atoms with E-state index < -0.39 is 11.5 Å². The summed E-state index contributed by atoms with van der Waals surface area (Å²) in [6.07, 6.45) is -0.533. The second-order valence-corrected chi connectivity index (χ2v) is 6.01. The minimum absolute atomic E-state index is 0.338. The number of carbonyl (C=O) groups is 1. The summed E-state index contributed by atoms with van der Waals surface area (Å²) in [5.41, 5.74) is 1.60.